The summed E-state index contributed by atoms with van der Waals surface area (Å²) >= 11 is 0. The zero-order chi connectivity index (χ0) is 25.0. The third-order valence-electron chi connectivity index (χ3n) is 7.40. The smallest absolute Gasteiger partial charge is 0.256 e. The fourth-order valence-corrected chi connectivity index (χ4v) is 5.48. The van der Waals surface area contributed by atoms with Crippen LogP contribution in [0.15, 0.2) is 54.6 Å². The Balaban J connectivity index is 1.59. The molecular formula is C28H36N2O5. The van der Waals surface area contributed by atoms with Crippen LogP contribution in [-0.4, -0.2) is 61.3 Å². The summed E-state index contributed by atoms with van der Waals surface area (Å²) in [5.41, 5.74) is 2.51. The van der Waals surface area contributed by atoms with Crippen LogP contribution in [0.2, 0.25) is 0 Å². The van der Waals surface area contributed by atoms with E-state index in [0.29, 0.717) is 44.7 Å². The molecule has 1 heterocycles. The maximum absolute atomic E-state index is 13.1. The molecule has 2 aromatic carbocycles. The van der Waals surface area contributed by atoms with E-state index in [1.54, 1.807) is 24.1 Å². The van der Waals surface area contributed by atoms with Crippen molar-refractivity contribution < 1.29 is 24.2 Å². The van der Waals surface area contributed by atoms with Gasteiger partial charge in [-0.3, -0.25) is 9.59 Å². The number of ether oxygens (including phenoxy) is 2. The van der Waals surface area contributed by atoms with Crippen LogP contribution in [0.5, 0.6) is 0 Å². The number of hydrogen-bond donors (Lipinski definition) is 2. The second-order valence-corrected chi connectivity index (χ2v) is 9.81. The van der Waals surface area contributed by atoms with Crippen molar-refractivity contribution in [2.75, 3.05) is 33.4 Å². The fourth-order valence-electron chi connectivity index (χ4n) is 5.48. The number of likely N-dealkylation sites (tertiary alicyclic amines) is 1. The van der Waals surface area contributed by atoms with E-state index in [4.69, 9.17) is 9.47 Å². The highest BCUT2D eigenvalue weighted by molar-refractivity contribution is 5.82. The Morgan fingerprint density at radius 1 is 1.06 bits per heavy atom. The number of carbonyl (C=O) groups excluding carboxylic acids is 2. The first-order valence-electron chi connectivity index (χ1n) is 12.4. The molecule has 1 fully saturated rings. The molecule has 35 heavy (non-hydrogen) atoms. The topological polar surface area (TPSA) is 88.1 Å². The predicted molar refractivity (Wildman–Crippen MR) is 133 cm³/mol. The Hall–Kier alpha value is -2.74. The Bertz CT molecular complexity index is 1020. The van der Waals surface area contributed by atoms with Crippen molar-refractivity contribution in [1.82, 2.24) is 10.2 Å². The standard InChI is InChI=1S/C28H36N2O5/c1-19(2)26(32)29-23-21-11-7-8-12-22(21)28(25(23)35-18-17-34-3)13-15-30(16-14-28)27(33)24(31)20-9-5-4-6-10-20/h4-12,19,23-25,31H,13-18H2,1-3H3,(H,29,32)/t23-,24+,25+/m1/s1. The van der Waals surface area contributed by atoms with Crippen LogP contribution in [0.4, 0.5) is 0 Å². The highest BCUT2D eigenvalue weighted by atomic mass is 16.5. The number of carbonyl (C=O) groups is 2. The lowest BCUT2D eigenvalue weighted by molar-refractivity contribution is -0.143. The Labute approximate surface area is 207 Å². The van der Waals surface area contributed by atoms with Crippen LogP contribution in [0.1, 0.15) is 55.5 Å². The number of aliphatic hydroxyl groups is 1. The summed E-state index contributed by atoms with van der Waals surface area (Å²) in [7, 11) is 1.64. The van der Waals surface area contributed by atoms with Crippen molar-refractivity contribution in [3.63, 3.8) is 0 Å². The molecule has 2 amide bonds. The van der Waals surface area contributed by atoms with Crippen LogP contribution in [-0.2, 0) is 24.5 Å². The molecule has 0 unspecified atom stereocenters. The third kappa shape index (κ3) is 4.99. The molecule has 0 radical (unpaired) electrons. The quantitative estimate of drug-likeness (QED) is 0.567. The van der Waals surface area contributed by atoms with Gasteiger partial charge in [0.1, 0.15) is 0 Å². The number of fused-ring (bicyclic) bond motifs is 2. The van der Waals surface area contributed by atoms with Crippen LogP contribution in [0.25, 0.3) is 0 Å². The van der Waals surface area contributed by atoms with E-state index in [1.807, 2.05) is 44.2 Å². The number of rotatable bonds is 8. The Kier molecular flexibility index (Phi) is 7.89. The van der Waals surface area contributed by atoms with Gasteiger partial charge in [-0.05, 0) is 29.5 Å². The van der Waals surface area contributed by atoms with Crippen molar-refractivity contribution in [3.05, 3.63) is 71.3 Å². The summed E-state index contributed by atoms with van der Waals surface area (Å²) in [5.74, 6) is -0.433. The summed E-state index contributed by atoms with van der Waals surface area (Å²) in [6.45, 7) is 5.66. The molecule has 1 aliphatic carbocycles. The first-order chi connectivity index (χ1) is 16.9. The van der Waals surface area contributed by atoms with Gasteiger partial charge < -0.3 is 24.8 Å². The van der Waals surface area contributed by atoms with Gasteiger partial charge in [-0.25, -0.2) is 0 Å². The molecule has 7 heteroatoms. The van der Waals surface area contributed by atoms with E-state index in [1.165, 1.54) is 5.56 Å². The van der Waals surface area contributed by atoms with Gasteiger partial charge in [-0.2, -0.15) is 0 Å². The zero-order valence-electron chi connectivity index (χ0n) is 20.8. The number of hydrogen-bond acceptors (Lipinski definition) is 5. The maximum atomic E-state index is 13.1. The third-order valence-corrected chi connectivity index (χ3v) is 7.40. The molecule has 1 spiro atoms. The Morgan fingerprint density at radius 2 is 1.71 bits per heavy atom. The SMILES string of the molecule is COCCO[C@H]1[C@H](NC(=O)C(C)C)c2ccccc2C12CCN(C(=O)[C@@H](O)c1ccccc1)CC2. The average molecular weight is 481 g/mol. The average Bonchev–Trinajstić information content (AvgIpc) is 3.13. The summed E-state index contributed by atoms with van der Waals surface area (Å²) in [6.07, 6.45) is -0.0756. The van der Waals surface area contributed by atoms with Crippen molar-refractivity contribution in [1.29, 1.82) is 0 Å². The maximum Gasteiger partial charge on any atom is 0.256 e. The van der Waals surface area contributed by atoms with Gasteiger partial charge in [-0.15, -0.1) is 0 Å². The summed E-state index contributed by atoms with van der Waals surface area (Å²) in [6, 6.07) is 17.0. The van der Waals surface area contributed by atoms with Crippen molar-refractivity contribution in [3.8, 4) is 0 Å². The molecule has 0 aromatic heterocycles. The van der Waals surface area contributed by atoms with Gasteiger partial charge in [-0.1, -0.05) is 68.4 Å². The molecular weight excluding hydrogens is 444 g/mol. The normalized spacial score (nSPS) is 21.7. The minimum Gasteiger partial charge on any atom is -0.382 e. The molecule has 3 atom stereocenters. The van der Waals surface area contributed by atoms with Gasteiger partial charge in [0.2, 0.25) is 5.91 Å². The minimum absolute atomic E-state index is 0.0132. The molecule has 2 aromatic rings. The number of nitrogens with one attached hydrogen (secondary N) is 1. The molecule has 0 bridgehead atoms. The number of aliphatic hydroxyl groups excluding tert-OH is 1. The van der Waals surface area contributed by atoms with E-state index in [0.717, 1.165) is 5.56 Å². The van der Waals surface area contributed by atoms with Crippen LogP contribution in [0.3, 0.4) is 0 Å². The first kappa shape index (κ1) is 25.4. The number of piperidine rings is 1. The molecule has 1 aliphatic heterocycles. The summed E-state index contributed by atoms with van der Waals surface area (Å²) < 4.78 is 11.7. The Morgan fingerprint density at radius 3 is 2.37 bits per heavy atom. The zero-order valence-corrected chi connectivity index (χ0v) is 20.8. The number of methoxy groups -OCH3 is 1. The highest BCUT2D eigenvalue weighted by Crippen LogP contribution is 2.52. The number of nitrogens with zero attached hydrogens (tertiary/aromatic N) is 1. The summed E-state index contributed by atoms with van der Waals surface area (Å²) in [5, 5.41) is 13.9. The van der Waals surface area contributed by atoms with Gasteiger partial charge >= 0.3 is 0 Å². The predicted octanol–water partition coefficient (Wildman–Crippen LogP) is 3.14. The minimum atomic E-state index is -1.17. The van der Waals surface area contributed by atoms with Gasteiger partial charge in [0.25, 0.3) is 5.91 Å². The lowest BCUT2D eigenvalue weighted by Crippen LogP contribution is -2.53. The monoisotopic (exact) mass is 480 g/mol. The van der Waals surface area contributed by atoms with Gasteiger partial charge in [0.15, 0.2) is 6.10 Å². The molecule has 188 valence electrons. The van der Waals surface area contributed by atoms with E-state index in [-0.39, 0.29) is 35.3 Å². The molecule has 0 saturated carbocycles. The second-order valence-electron chi connectivity index (χ2n) is 9.81. The van der Waals surface area contributed by atoms with E-state index < -0.39 is 6.10 Å². The largest absolute Gasteiger partial charge is 0.382 e. The highest BCUT2D eigenvalue weighted by Gasteiger charge is 2.54. The number of benzene rings is 2. The van der Waals surface area contributed by atoms with Crippen molar-refractivity contribution >= 4 is 11.8 Å². The van der Waals surface area contributed by atoms with Crippen molar-refractivity contribution in [2.45, 2.75) is 50.4 Å². The van der Waals surface area contributed by atoms with E-state index >= 15 is 0 Å². The van der Waals surface area contributed by atoms with E-state index in [2.05, 4.69) is 17.4 Å². The lowest BCUT2D eigenvalue weighted by atomic mass is 9.71. The number of amides is 2. The van der Waals surface area contributed by atoms with Crippen molar-refractivity contribution in [2.24, 2.45) is 5.92 Å². The lowest BCUT2D eigenvalue weighted by Gasteiger charge is -2.44. The fraction of sp³-hybridized carbons (Fsp3) is 0.500. The molecule has 1 saturated heterocycles. The molecule has 2 aliphatic rings. The molecule has 2 N–H and O–H groups in total. The first-order valence-corrected chi connectivity index (χ1v) is 12.4. The van der Waals surface area contributed by atoms with Crippen LogP contribution < -0.4 is 5.32 Å². The van der Waals surface area contributed by atoms with Crippen LogP contribution in [0, 0.1) is 5.92 Å². The van der Waals surface area contributed by atoms with Gasteiger partial charge in [0, 0.05) is 31.5 Å². The summed E-state index contributed by atoms with van der Waals surface area (Å²) in [4.78, 5) is 27.6. The van der Waals surface area contributed by atoms with Crippen LogP contribution >= 0.6 is 0 Å². The van der Waals surface area contributed by atoms with E-state index in [9.17, 15) is 14.7 Å². The van der Waals surface area contributed by atoms with Gasteiger partial charge in [0.05, 0.1) is 25.4 Å². The molecule has 7 nitrogen and oxygen atoms in total. The second kappa shape index (κ2) is 10.9. The molecule has 4 rings (SSSR count).